The zero-order valence-corrected chi connectivity index (χ0v) is 21.7. The number of ether oxygens (including phenoxy) is 2. The van der Waals surface area contributed by atoms with E-state index in [2.05, 4.69) is 5.16 Å². The van der Waals surface area contributed by atoms with Gasteiger partial charge in [-0.1, -0.05) is 83.5 Å². The van der Waals surface area contributed by atoms with E-state index in [0.29, 0.717) is 28.6 Å². The second-order valence-corrected chi connectivity index (χ2v) is 9.07. The molecule has 0 amide bonds. The van der Waals surface area contributed by atoms with Gasteiger partial charge in [-0.25, -0.2) is 0 Å². The van der Waals surface area contributed by atoms with Crippen molar-refractivity contribution in [2.75, 3.05) is 6.61 Å². The first kappa shape index (κ1) is 26.2. The fourth-order valence-electron chi connectivity index (χ4n) is 4.08. The van der Waals surface area contributed by atoms with Crippen molar-refractivity contribution in [1.82, 2.24) is 5.16 Å². The Morgan fingerprint density at radius 2 is 1.51 bits per heavy atom. The topological polar surface area (TPSA) is 78.6 Å². The minimum absolute atomic E-state index is 0.0309. The van der Waals surface area contributed by atoms with Crippen LogP contribution in [0.15, 0.2) is 77.3 Å². The normalized spacial score (nSPS) is 11.7. The molecule has 0 aliphatic carbocycles. The molecule has 3 aromatic carbocycles. The number of benzene rings is 3. The summed E-state index contributed by atoms with van der Waals surface area (Å²) in [5.41, 5.74) is 5.82. The summed E-state index contributed by atoms with van der Waals surface area (Å²) in [7, 11) is 0. The Labute approximate surface area is 221 Å². The first-order valence-corrected chi connectivity index (χ1v) is 12.5. The Morgan fingerprint density at radius 1 is 0.892 bits per heavy atom. The van der Waals surface area contributed by atoms with Crippen LogP contribution >= 0.6 is 11.6 Å². The van der Waals surface area contributed by atoms with Gasteiger partial charge in [0, 0.05) is 21.7 Å². The quantitative estimate of drug-likeness (QED) is 0.224. The van der Waals surface area contributed by atoms with E-state index in [9.17, 15) is 9.59 Å². The molecule has 0 aliphatic heterocycles. The lowest BCUT2D eigenvalue weighted by Gasteiger charge is -2.15. The minimum Gasteiger partial charge on any atom is -0.466 e. The number of halogens is 1. The first-order chi connectivity index (χ1) is 17.9. The van der Waals surface area contributed by atoms with E-state index < -0.39 is 6.10 Å². The van der Waals surface area contributed by atoms with Crippen molar-refractivity contribution in [3.05, 3.63) is 100 Å². The van der Waals surface area contributed by atoms with Crippen molar-refractivity contribution < 1.29 is 23.6 Å². The van der Waals surface area contributed by atoms with E-state index in [1.54, 1.807) is 26.8 Å². The van der Waals surface area contributed by atoms with Crippen LogP contribution < -0.4 is 0 Å². The van der Waals surface area contributed by atoms with E-state index in [4.69, 9.17) is 25.6 Å². The Morgan fingerprint density at radius 3 is 2.16 bits per heavy atom. The molecule has 7 heteroatoms. The molecular formula is C30H28ClNO5. The molecule has 0 bridgehead atoms. The zero-order valence-electron chi connectivity index (χ0n) is 21.0. The van der Waals surface area contributed by atoms with E-state index in [1.807, 2.05) is 66.7 Å². The number of aryl methyl sites for hydroxylation is 1. The van der Waals surface area contributed by atoms with Crippen LogP contribution in [0.3, 0.4) is 0 Å². The molecule has 1 unspecified atom stereocenters. The molecular weight excluding hydrogens is 490 g/mol. The Balaban J connectivity index is 1.45. The maximum absolute atomic E-state index is 12.7. The summed E-state index contributed by atoms with van der Waals surface area (Å²) >= 11 is 6.24. The van der Waals surface area contributed by atoms with Crippen LogP contribution in [-0.4, -0.2) is 23.7 Å². The molecule has 190 valence electrons. The first-order valence-electron chi connectivity index (χ1n) is 12.1. The Hall–Kier alpha value is -3.90. The van der Waals surface area contributed by atoms with Gasteiger partial charge in [-0.05, 0) is 43.5 Å². The molecule has 0 saturated carbocycles. The van der Waals surface area contributed by atoms with Crippen LogP contribution in [-0.2, 0) is 31.9 Å². The molecule has 37 heavy (non-hydrogen) atoms. The summed E-state index contributed by atoms with van der Waals surface area (Å²) < 4.78 is 16.2. The van der Waals surface area contributed by atoms with Gasteiger partial charge in [0.05, 0.1) is 25.1 Å². The van der Waals surface area contributed by atoms with E-state index in [1.165, 1.54) is 0 Å². The predicted molar refractivity (Wildman–Crippen MR) is 142 cm³/mol. The Bertz CT molecular complexity index is 1380. The molecule has 4 rings (SSSR count). The van der Waals surface area contributed by atoms with Crippen LogP contribution in [0, 0.1) is 6.92 Å². The highest BCUT2D eigenvalue weighted by Crippen LogP contribution is 2.31. The number of esters is 2. The van der Waals surface area contributed by atoms with Crippen LogP contribution in [0.25, 0.3) is 22.5 Å². The third kappa shape index (κ3) is 6.46. The second-order valence-electron chi connectivity index (χ2n) is 8.66. The van der Waals surface area contributed by atoms with Crippen molar-refractivity contribution in [3.63, 3.8) is 0 Å². The SMILES string of the molecule is CCOC(=O)Cc1ccc(-c2ccc(-c3onc(C)c3CC(=O)OC(C)c3ccccc3Cl)cc2)cc1. The summed E-state index contributed by atoms with van der Waals surface area (Å²) in [6.45, 7) is 5.77. The summed E-state index contributed by atoms with van der Waals surface area (Å²) in [6, 6.07) is 22.9. The van der Waals surface area contributed by atoms with Crippen LogP contribution in [0.4, 0.5) is 0 Å². The maximum atomic E-state index is 12.7. The van der Waals surface area contributed by atoms with Crippen LogP contribution in [0.2, 0.25) is 5.02 Å². The van der Waals surface area contributed by atoms with E-state index in [-0.39, 0.29) is 24.8 Å². The van der Waals surface area contributed by atoms with Crippen molar-refractivity contribution in [3.8, 4) is 22.5 Å². The maximum Gasteiger partial charge on any atom is 0.311 e. The van der Waals surface area contributed by atoms with Gasteiger partial charge >= 0.3 is 11.9 Å². The number of rotatable bonds is 9. The standard InChI is InChI=1S/C30H28ClNO5/c1-4-35-28(33)17-21-9-11-22(12-10-21)23-13-15-24(16-14-23)30-26(19(2)32-37-30)18-29(34)36-20(3)25-7-5-6-8-27(25)31/h5-16,20H,4,17-18H2,1-3H3. The number of carbonyl (C=O) groups excluding carboxylic acids is 2. The molecule has 0 radical (unpaired) electrons. The highest BCUT2D eigenvalue weighted by Gasteiger charge is 2.21. The monoisotopic (exact) mass is 517 g/mol. The number of hydrogen-bond donors (Lipinski definition) is 0. The highest BCUT2D eigenvalue weighted by atomic mass is 35.5. The van der Waals surface area contributed by atoms with E-state index in [0.717, 1.165) is 27.8 Å². The van der Waals surface area contributed by atoms with Gasteiger partial charge in [-0.15, -0.1) is 0 Å². The summed E-state index contributed by atoms with van der Waals surface area (Å²) in [5, 5.41) is 4.64. The zero-order chi connectivity index (χ0) is 26.4. The van der Waals surface area contributed by atoms with Gasteiger partial charge in [0.2, 0.25) is 0 Å². The van der Waals surface area contributed by atoms with Gasteiger partial charge in [0.15, 0.2) is 5.76 Å². The third-order valence-electron chi connectivity index (χ3n) is 6.05. The molecule has 0 spiro atoms. The molecule has 0 aliphatic rings. The molecule has 1 atom stereocenters. The van der Waals surface area contributed by atoms with Crippen LogP contribution in [0.5, 0.6) is 0 Å². The largest absolute Gasteiger partial charge is 0.466 e. The fraction of sp³-hybridized carbons (Fsp3) is 0.233. The molecule has 0 saturated heterocycles. The predicted octanol–water partition coefficient (Wildman–Crippen LogP) is 6.92. The number of aromatic nitrogens is 1. The lowest BCUT2D eigenvalue weighted by Crippen LogP contribution is -2.12. The van der Waals surface area contributed by atoms with Crippen molar-refractivity contribution in [2.45, 2.75) is 39.7 Å². The Kier molecular flexibility index (Phi) is 8.41. The van der Waals surface area contributed by atoms with Gasteiger partial charge in [-0.3, -0.25) is 9.59 Å². The number of hydrogen-bond acceptors (Lipinski definition) is 6. The molecule has 1 heterocycles. The third-order valence-corrected chi connectivity index (χ3v) is 6.39. The molecule has 6 nitrogen and oxygen atoms in total. The molecule has 0 fully saturated rings. The summed E-state index contributed by atoms with van der Waals surface area (Å²) in [5.74, 6) is -0.0874. The molecule has 0 N–H and O–H groups in total. The minimum atomic E-state index is -0.479. The average molecular weight is 518 g/mol. The summed E-state index contributed by atoms with van der Waals surface area (Å²) in [6.07, 6.45) is -0.198. The average Bonchev–Trinajstić information content (AvgIpc) is 3.24. The summed E-state index contributed by atoms with van der Waals surface area (Å²) in [4.78, 5) is 24.4. The van der Waals surface area contributed by atoms with Gasteiger partial charge in [0.1, 0.15) is 6.10 Å². The van der Waals surface area contributed by atoms with E-state index >= 15 is 0 Å². The van der Waals surface area contributed by atoms with Crippen molar-refractivity contribution >= 4 is 23.5 Å². The second kappa shape index (κ2) is 11.9. The van der Waals surface area contributed by atoms with Gasteiger partial charge in [0.25, 0.3) is 0 Å². The van der Waals surface area contributed by atoms with Crippen molar-refractivity contribution in [2.24, 2.45) is 0 Å². The number of nitrogens with zero attached hydrogens (tertiary/aromatic N) is 1. The van der Waals surface area contributed by atoms with Crippen molar-refractivity contribution in [1.29, 1.82) is 0 Å². The highest BCUT2D eigenvalue weighted by molar-refractivity contribution is 6.31. The molecule has 4 aromatic rings. The smallest absolute Gasteiger partial charge is 0.311 e. The fourth-order valence-corrected chi connectivity index (χ4v) is 4.37. The number of carbonyl (C=O) groups is 2. The lowest BCUT2D eigenvalue weighted by molar-refractivity contribution is -0.147. The van der Waals surface area contributed by atoms with Crippen LogP contribution in [0.1, 0.15) is 42.3 Å². The molecule has 1 aromatic heterocycles. The van der Waals surface area contributed by atoms with Gasteiger partial charge in [-0.2, -0.15) is 0 Å². The lowest BCUT2D eigenvalue weighted by atomic mass is 9.99. The van der Waals surface area contributed by atoms with Gasteiger partial charge < -0.3 is 14.0 Å².